The molecular weight excluding hydrogens is 376 g/mol. The van der Waals surface area contributed by atoms with Crippen LogP contribution in [0.2, 0.25) is 0 Å². The fourth-order valence-electron chi connectivity index (χ4n) is 4.46. The first-order valence-corrected chi connectivity index (χ1v) is 11.0. The number of carbonyl (C=O) groups is 3. The molecule has 1 heterocycles. The van der Waals surface area contributed by atoms with Crippen LogP contribution in [0, 0.1) is 23.2 Å². The predicted octanol–water partition coefficient (Wildman–Crippen LogP) is 3.55. The zero-order valence-corrected chi connectivity index (χ0v) is 17.7. The van der Waals surface area contributed by atoms with Gasteiger partial charge < -0.3 is 5.11 Å². The minimum absolute atomic E-state index is 0.249. The highest BCUT2D eigenvalue weighted by Gasteiger charge is 2.36. The van der Waals surface area contributed by atoms with Crippen molar-refractivity contribution in [3.8, 4) is 0 Å². The standard InChI is InChI=1S/C21H30N2O4S/c1-21(2,3)12-8-9-13-16(11-28-17(13)10-12)19(25)23-22-18(24)14-6-4-5-7-15(14)20(26)27/h11-12,14-15H,4-10H2,1-3H3,(H,22,24)(H,23,25)(H,26,27)/t12-,14-,15-/m1/s1. The molecule has 0 bridgehead atoms. The molecule has 1 saturated carbocycles. The lowest BCUT2D eigenvalue weighted by atomic mass is 9.72. The number of nitrogens with one attached hydrogen (secondary N) is 2. The molecule has 2 aliphatic rings. The number of carbonyl (C=O) groups excluding carboxylic acids is 2. The highest BCUT2D eigenvalue weighted by molar-refractivity contribution is 7.10. The van der Waals surface area contributed by atoms with Crippen LogP contribution >= 0.6 is 11.3 Å². The number of hydrogen-bond acceptors (Lipinski definition) is 4. The number of thiophene rings is 1. The van der Waals surface area contributed by atoms with Gasteiger partial charge in [0.05, 0.1) is 17.4 Å². The van der Waals surface area contributed by atoms with Crippen molar-refractivity contribution >= 4 is 29.1 Å². The third-order valence-corrected chi connectivity index (χ3v) is 7.40. The zero-order chi connectivity index (χ0) is 20.5. The second-order valence-corrected chi connectivity index (χ2v) is 10.1. The summed E-state index contributed by atoms with van der Waals surface area (Å²) in [5, 5.41) is 11.2. The van der Waals surface area contributed by atoms with E-state index in [9.17, 15) is 19.5 Å². The number of amides is 2. The molecule has 0 spiro atoms. The van der Waals surface area contributed by atoms with Crippen molar-refractivity contribution in [3.63, 3.8) is 0 Å². The van der Waals surface area contributed by atoms with E-state index in [1.807, 2.05) is 5.38 Å². The molecule has 1 aromatic rings. The van der Waals surface area contributed by atoms with Crippen LogP contribution in [0.5, 0.6) is 0 Å². The number of hydrazine groups is 1. The summed E-state index contributed by atoms with van der Waals surface area (Å²) in [6.07, 6.45) is 5.64. The zero-order valence-electron chi connectivity index (χ0n) is 16.8. The molecule has 3 N–H and O–H groups in total. The van der Waals surface area contributed by atoms with E-state index in [4.69, 9.17) is 0 Å². The fraction of sp³-hybridized carbons (Fsp3) is 0.667. The van der Waals surface area contributed by atoms with Gasteiger partial charge in [-0.3, -0.25) is 25.2 Å². The summed E-state index contributed by atoms with van der Waals surface area (Å²) in [5.41, 5.74) is 6.95. The Hall–Kier alpha value is -1.89. The summed E-state index contributed by atoms with van der Waals surface area (Å²) in [7, 11) is 0. The highest BCUT2D eigenvalue weighted by atomic mass is 32.1. The second-order valence-electron chi connectivity index (χ2n) is 9.14. The van der Waals surface area contributed by atoms with E-state index in [1.165, 1.54) is 4.88 Å². The monoisotopic (exact) mass is 406 g/mol. The van der Waals surface area contributed by atoms with Crippen LogP contribution in [0.3, 0.4) is 0 Å². The number of carboxylic acid groups (broad SMARTS) is 1. The molecule has 7 heteroatoms. The lowest BCUT2D eigenvalue weighted by molar-refractivity contribution is -0.149. The van der Waals surface area contributed by atoms with Gasteiger partial charge in [0.1, 0.15) is 0 Å². The molecule has 3 rings (SSSR count). The minimum Gasteiger partial charge on any atom is -0.481 e. The van der Waals surface area contributed by atoms with Crippen LogP contribution in [0.4, 0.5) is 0 Å². The van der Waals surface area contributed by atoms with Gasteiger partial charge in [0.15, 0.2) is 0 Å². The lowest BCUT2D eigenvalue weighted by Gasteiger charge is -2.34. The maximum absolute atomic E-state index is 12.6. The van der Waals surface area contributed by atoms with Gasteiger partial charge in [0.25, 0.3) is 5.91 Å². The summed E-state index contributed by atoms with van der Waals surface area (Å²) in [5.74, 6) is -2.32. The van der Waals surface area contributed by atoms with Crippen LogP contribution in [0.1, 0.15) is 73.7 Å². The number of carboxylic acids is 1. The molecule has 0 saturated heterocycles. The van der Waals surface area contributed by atoms with E-state index in [0.29, 0.717) is 24.3 Å². The Kier molecular flexibility index (Phi) is 6.12. The molecule has 0 aromatic carbocycles. The highest BCUT2D eigenvalue weighted by Crippen LogP contribution is 2.40. The van der Waals surface area contributed by atoms with Crippen LogP contribution < -0.4 is 10.9 Å². The van der Waals surface area contributed by atoms with Crippen LogP contribution in [-0.4, -0.2) is 22.9 Å². The van der Waals surface area contributed by atoms with Crippen molar-refractivity contribution in [1.29, 1.82) is 0 Å². The molecular formula is C21H30N2O4S. The van der Waals surface area contributed by atoms with Gasteiger partial charge in [-0.2, -0.15) is 0 Å². The fourth-order valence-corrected chi connectivity index (χ4v) is 5.62. The smallest absolute Gasteiger partial charge is 0.307 e. The molecule has 0 radical (unpaired) electrons. The third kappa shape index (κ3) is 4.40. The molecule has 154 valence electrons. The quantitative estimate of drug-likeness (QED) is 0.669. The Morgan fingerprint density at radius 2 is 1.75 bits per heavy atom. The second kappa shape index (κ2) is 8.23. The Labute approximate surface area is 170 Å². The van der Waals surface area contributed by atoms with Gasteiger partial charge in [0.2, 0.25) is 5.91 Å². The van der Waals surface area contributed by atoms with Crippen molar-refractivity contribution in [3.05, 3.63) is 21.4 Å². The first kappa shape index (κ1) is 20.8. The van der Waals surface area contributed by atoms with Crippen molar-refractivity contribution in [1.82, 2.24) is 10.9 Å². The average Bonchev–Trinajstić information content (AvgIpc) is 3.08. The first-order chi connectivity index (χ1) is 13.2. The Bertz CT molecular complexity index is 765. The Morgan fingerprint density at radius 1 is 1.07 bits per heavy atom. The number of rotatable bonds is 3. The maximum Gasteiger partial charge on any atom is 0.307 e. The van der Waals surface area contributed by atoms with Crippen LogP contribution in [0.15, 0.2) is 5.38 Å². The number of aliphatic carboxylic acids is 1. The van der Waals surface area contributed by atoms with Crippen LogP contribution in [-0.2, 0) is 22.4 Å². The SMILES string of the molecule is CC(C)(C)[C@@H]1CCc2c(C(=O)NNC(=O)[C@@H]3CCCC[C@H]3C(=O)O)csc2C1. The van der Waals surface area contributed by atoms with E-state index in [1.54, 1.807) is 11.3 Å². The Morgan fingerprint density at radius 3 is 2.39 bits per heavy atom. The summed E-state index contributed by atoms with van der Waals surface area (Å²) in [6, 6.07) is 0. The largest absolute Gasteiger partial charge is 0.481 e. The molecule has 2 amide bonds. The number of fused-ring (bicyclic) bond motifs is 1. The summed E-state index contributed by atoms with van der Waals surface area (Å²) < 4.78 is 0. The first-order valence-electron chi connectivity index (χ1n) is 10.1. The molecule has 6 nitrogen and oxygen atoms in total. The molecule has 3 atom stereocenters. The Balaban J connectivity index is 1.61. The van der Waals surface area contributed by atoms with Crippen molar-refractivity contribution in [2.45, 2.75) is 65.7 Å². The summed E-state index contributed by atoms with van der Waals surface area (Å²) >= 11 is 1.62. The minimum atomic E-state index is -0.938. The molecule has 1 fully saturated rings. The van der Waals surface area contributed by atoms with Gasteiger partial charge in [-0.15, -0.1) is 11.3 Å². The third-order valence-electron chi connectivity index (χ3n) is 6.34. The molecule has 28 heavy (non-hydrogen) atoms. The van der Waals surface area contributed by atoms with E-state index < -0.39 is 23.7 Å². The topological polar surface area (TPSA) is 95.5 Å². The summed E-state index contributed by atoms with van der Waals surface area (Å²) in [4.78, 5) is 37.7. The summed E-state index contributed by atoms with van der Waals surface area (Å²) in [6.45, 7) is 6.78. The van der Waals surface area contributed by atoms with E-state index >= 15 is 0 Å². The van der Waals surface area contributed by atoms with Crippen molar-refractivity contribution in [2.75, 3.05) is 0 Å². The molecule has 0 aliphatic heterocycles. The van der Waals surface area contributed by atoms with Gasteiger partial charge >= 0.3 is 5.97 Å². The lowest BCUT2D eigenvalue weighted by Crippen LogP contribution is -2.48. The average molecular weight is 407 g/mol. The molecule has 2 aliphatic carbocycles. The van der Waals surface area contributed by atoms with E-state index in [0.717, 1.165) is 37.7 Å². The van der Waals surface area contributed by atoms with Gasteiger partial charge in [-0.1, -0.05) is 33.6 Å². The van der Waals surface area contributed by atoms with Gasteiger partial charge in [0, 0.05) is 10.3 Å². The van der Waals surface area contributed by atoms with Gasteiger partial charge in [-0.25, -0.2) is 0 Å². The number of hydrogen-bond donors (Lipinski definition) is 3. The molecule has 1 aromatic heterocycles. The van der Waals surface area contributed by atoms with Crippen LogP contribution in [0.25, 0.3) is 0 Å². The normalized spacial score (nSPS) is 24.9. The van der Waals surface area contributed by atoms with Crippen molar-refractivity contribution in [2.24, 2.45) is 23.2 Å². The van der Waals surface area contributed by atoms with E-state index in [-0.39, 0.29) is 11.3 Å². The van der Waals surface area contributed by atoms with Gasteiger partial charge in [-0.05, 0) is 49.0 Å². The molecule has 0 unspecified atom stereocenters. The predicted molar refractivity (Wildman–Crippen MR) is 108 cm³/mol. The maximum atomic E-state index is 12.6. The van der Waals surface area contributed by atoms with Crippen molar-refractivity contribution < 1.29 is 19.5 Å². The van der Waals surface area contributed by atoms with E-state index in [2.05, 4.69) is 31.6 Å².